The van der Waals surface area contributed by atoms with Gasteiger partial charge in [-0.05, 0) is 44.9 Å². The molecule has 0 bridgehead atoms. The highest BCUT2D eigenvalue weighted by Crippen LogP contribution is 2.21. The summed E-state index contributed by atoms with van der Waals surface area (Å²) >= 11 is 0. The topological polar surface area (TPSA) is 79.6 Å². The van der Waals surface area contributed by atoms with Crippen molar-refractivity contribution < 1.29 is 17.6 Å². The Morgan fingerprint density at radius 1 is 1.12 bits per heavy atom. The van der Waals surface area contributed by atoms with Crippen LogP contribution in [0.25, 0.3) is 0 Å². The summed E-state index contributed by atoms with van der Waals surface area (Å²) in [5.74, 6) is 0.406. The van der Waals surface area contributed by atoms with Gasteiger partial charge >= 0.3 is 0 Å². The van der Waals surface area contributed by atoms with Gasteiger partial charge in [0.25, 0.3) is 5.91 Å². The molecule has 2 heterocycles. The molecule has 0 spiro atoms. The van der Waals surface area contributed by atoms with Crippen LogP contribution >= 0.6 is 0 Å². The fourth-order valence-corrected chi connectivity index (χ4v) is 4.45. The fraction of sp³-hybridized carbons (Fsp3) is 0.389. The molecule has 1 N–H and O–H groups in total. The third-order valence-electron chi connectivity index (χ3n) is 4.55. The van der Waals surface area contributed by atoms with E-state index in [9.17, 15) is 13.2 Å². The molecule has 1 aromatic carbocycles. The molecular weight excluding hydrogens is 340 g/mol. The smallest absolute Gasteiger partial charge is 0.255 e. The number of carbonyl (C=O) groups is 1. The maximum atomic E-state index is 12.7. The van der Waals surface area contributed by atoms with Gasteiger partial charge in [-0.25, -0.2) is 8.42 Å². The van der Waals surface area contributed by atoms with Gasteiger partial charge in [0.15, 0.2) is 0 Å². The SMILES string of the molecule is Cc1ccc(S(=O)(=O)N2CCC(NC(=O)c3ccoc3C)CC2)cc1. The Bertz CT molecular complexity index is 847. The van der Waals surface area contributed by atoms with Gasteiger partial charge in [0.2, 0.25) is 10.0 Å². The van der Waals surface area contributed by atoms with Gasteiger partial charge < -0.3 is 9.73 Å². The minimum absolute atomic E-state index is 0.0359. The average molecular weight is 362 g/mol. The van der Waals surface area contributed by atoms with Gasteiger partial charge in [0.05, 0.1) is 16.7 Å². The number of benzene rings is 1. The number of amides is 1. The van der Waals surface area contributed by atoms with Crippen LogP contribution in [0.3, 0.4) is 0 Å². The first-order valence-corrected chi connectivity index (χ1v) is 9.74. The van der Waals surface area contributed by atoms with Crippen molar-refractivity contribution in [1.29, 1.82) is 0 Å². The van der Waals surface area contributed by atoms with Gasteiger partial charge in [-0.2, -0.15) is 4.31 Å². The van der Waals surface area contributed by atoms with Crippen LogP contribution in [0.2, 0.25) is 0 Å². The summed E-state index contributed by atoms with van der Waals surface area (Å²) in [5.41, 5.74) is 1.55. The number of sulfonamides is 1. The Morgan fingerprint density at radius 3 is 2.32 bits per heavy atom. The molecule has 1 aromatic heterocycles. The summed E-state index contributed by atoms with van der Waals surface area (Å²) in [6.45, 7) is 4.45. The quantitative estimate of drug-likeness (QED) is 0.906. The van der Waals surface area contributed by atoms with Crippen molar-refractivity contribution in [2.24, 2.45) is 0 Å². The van der Waals surface area contributed by atoms with Crippen molar-refractivity contribution in [3.05, 3.63) is 53.5 Å². The minimum Gasteiger partial charge on any atom is -0.469 e. The standard InChI is InChI=1S/C18H22N2O4S/c1-13-3-5-16(6-4-13)25(22,23)20-10-7-15(8-11-20)19-18(21)17-9-12-24-14(17)2/h3-6,9,12,15H,7-8,10-11H2,1-2H3,(H,19,21). The average Bonchev–Trinajstić information content (AvgIpc) is 3.02. The van der Waals surface area contributed by atoms with Crippen LogP contribution in [0.4, 0.5) is 0 Å². The Hall–Kier alpha value is -2.12. The molecule has 0 unspecified atom stereocenters. The highest BCUT2D eigenvalue weighted by Gasteiger charge is 2.30. The van der Waals surface area contributed by atoms with Crippen molar-refractivity contribution >= 4 is 15.9 Å². The number of hydrogen-bond donors (Lipinski definition) is 1. The van der Waals surface area contributed by atoms with Crippen LogP contribution in [-0.4, -0.2) is 37.8 Å². The van der Waals surface area contributed by atoms with Gasteiger partial charge in [0.1, 0.15) is 5.76 Å². The van der Waals surface area contributed by atoms with Crippen LogP contribution in [0.15, 0.2) is 45.9 Å². The second kappa shape index (κ2) is 7.01. The molecule has 1 aliphatic heterocycles. The van der Waals surface area contributed by atoms with E-state index in [0.29, 0.717) is 42.2 Å². The number of furan rings is 1. The monoisotopic (exact) mass is 362 g/mol. The number of nitrogens with zero attached hydrogens (tertiary/aromatic N) is 1. The van der Waals surface area contributed by atoms with E-state index in [0.717, 1.165) is 5.56 Å². The zero-order chi connectivity index (χ0) is 18.0. The molecule has 3 rings (SSSR count). The van der Waals surface area contributed by atoms with Crippen LogP contribution in [0, 0.1) is 13.8 Å². The van der Waals surface area contributed by atoms with Crippen LogP contribution < -0.4 is 5.32 Å². The minimum atomic E-state index is -3.47. The summed E-state index contributed by atoms with van der Waals surface area (Å²) in [6.07, 6.45) is 2.67. The number of carbonyl (C=O) groups excluding carboxylic acids is 1. The largest absolute Gasteiger partial charge is 0.469 e. The molecule has 0 radical (unpaired) electrons. The van der Waals surface area contributed by atoms with Crippen LogP contribution in [0.1, 0.15) is 34.5 Å². The molecule has 6 nitrogen and oxygen atoms in total. The number of piperidine rings is 1. The van der Waals surface area contributed by atoms with Gasteiger partial charge in [-0.1, -0.05) is 17.7 Å². The lowest BCUT2D eigenvalue weighted by molar-refractivity contribution is 0.0922. The Kier molecular flexibility index (Phi) is 4.96. The van der Waals surface area contributed by atoms with E-state index in [1.807, 2.05) is 6.92 Å². The van der Waals surface area contributed by atoms with Crippen molar-refractivity contribution in [1.82, 2.24) is 9.62 Å². The molecule has 2 aromatic rings. The molecule has 1 amide bonds. The maximum Gasteiger partial charge on any atom is 0.255 e. The predicted octanol–water partition coefficient (Wildman–Crippen LogP) is 2.48. The fourth-order valence-electron chi connectivity index (χ4n) is 2.98. The molecule has 1 saturated heterocycles. The Morgan fingerprint density at radius 2 is 1.76 bits per heavy atom. The second-order valence-electron chi connectivity index (χ2n) is 6.36. The lowest BCUT2D eigenvalue weighted by Crippen LogP contribution is -2.46. The molecule has 134 valence electrons. The molecular formula is C18H22N2O4S. The highest BCUT2D eigenvalue weighted by atomic mass is 32.2. The van der Waals surface area contributed by atoms with E-state index in [4.69, 9.17) is 4.42 Å². The summed E-state index contributed by atoms with van der Waals surface area (Å²) in [5, 5.41) is 2.96. The van der Waals surface area contributed by atoms with E-state index in [1.54, 1.807) is 37.3 Å². The summed E-state index contributed by atoms with van der Waals surface area (Å²) in [6, 6.07) is 8.48. The van der Waals surface area contributed by atoms with Gasteiger partial charge in [0, 0.05) is 19.1 Å². The first kappa shape index (κ1) is 17.7. The van der Waals surface area contributed by atoms with E-state index in [2.05, 4.69) is 5.32 Å². The number of hydrogen-bond acceptors (Lipinski definition) is 4. The van der Waals surface area contributed by atoms with Crippen LogP contribution in [-0.2, 0) is 10.0 Å². The summed E-state index contributed by atoms with van der Waals surface area (Å²) < 4.78 is 32.0. The van der Waals surface area contributed by atoms with Crippen molar-refractivity contribution in [2.75, 3.05) is 13.1 Å². The molecule has 0 saturated carbocycles. The number of rotatable bonds is 4. The second-order valence-corrected chi connectivity index (χ2v) is 8.29. The Labute approximate surface area is 147 Å². The Balaban J connectivity index is 1.61. The van der Waals surface area contributed by atoms with Crippen LogP contribution in [0.5, 0.6) is 0 Å². The van der Waals surface area contributed by atoms with E-state index in [1.165, 1.54) is 10.6 Å². The lowest BCUT2D eigenvalue weighted by Gasteiger charge is -2.31. The molecule has 1 fully saturated rings. The highest BCUT2D eigenvalue weighted by molar-refractivity contribution is 7.89. The summed E-state index contributed by atoms with van der Waals surface area (Å²) in [7, 11) is -3.47. The predicted molar refractivity (Wildman–Crippen MR) is 93.9 cm³/mol. The van der Waals surface area contributed by atoms with E-state index in [-0.39, 0.29) is 11.9 Å². The zero-order valence-corrected chi connectivity index (χ0v) is 15.2. The van der Waals surface area contributed by atoms with Gasteiger partial charge in [-0.3, -0.25) is 4.79 Å². The maximum absolute atomic E-state index is 12.7. The first-order chi connectivity index (χ1) is 11.9. The lowest BCUT2D eigenvalue weighted by atomic mass is 10.1. The van der Waals surface area contributed by atoms with E-state index < -0.39 is 10.0 Å². The zero-order valence-electron chi connectivity index (χ0n) is 14.4. The first-order valence-electron chi connectivity index (χ1n) is 8.29. The molecule has 7 heteroatoms. The molecule has 1 aliphatic rings. The van der Waals surface area contributed by atoms with Crippen molar-refractivity contribution in [2.45, 2.75) is 37.6 Å². The number of aryl methyl sites for hydroxylation is 2. The third kappa shape index (κ3) is 3.77. The summed E-state index contributed by atoms with van der Waals surface area (Å²) in [4.78, 5) is 12.5. The van der Waals surface area contributed by atoms with Gasteiger partial charge in [-0.15, -0.1) is 0 Å². The van der Waals surface area contributed by atoms with Crippen molar-refractivity contribution in [3.63, 3.8) is 0 Å². The van der Waals surface area contributed by atoms with Crippen molar-refractivity contribution in [3.8, 4) is 0 Å². The normalized spacial score (nSPS) is 16.7. The molecule has 0 atom stereocenters. The molecule has 0 aliphatic carbocycles. The third-order valence-corrected chi connectivity index (χ3v) is 6.46. The van der Waals surface area contributed by atoms with E-state index >= 15 is 0 Å². The molecule has 25 heavy (non-hydrogen) atoms. The number of nitrogens with one attached hydrogen (secondary N) is 1.